The Morgan fingerprint density at radius 2 is 1.00 bits per heavy atom. The van der Waals surface area contributed by atoms with Gasteiger partial charge in [0.05, 0.1) is 39.0 Å². The van der Waals surface area contributed by atoms with E-state index in [1.165, 1.54) is 54.5 Å². The zero-order valence-corrected chi connectivity index (χ0v) is 31.3. The number of aromatic nitrogens is 5. The first-order valence-electron chi connectivity index (χ1n) is 19.6. The molecule has 270 valence electrons. The Labute approximate surface area is 333 Å². The maximum Gasteiger partial charge on any atom is 0.235 e. The van der Waals surface area contributed by atoms with Crippen molar-refractivity contribution in [3.8, 4) is 45.3 Å². The van der Waals surface area contributed by atoms with Gasteiger partial charge in [0.25, 0.3) is 0 Å². The number of benzene rings is 8. The average molecular weight is 740 g/mol. The quantitative estimate of drug-likeness (QED) is 0.177. The number of fused-ring (bicyclic) bond motifs is 9. The lowest BCUT2D eigenvalue weighted by atomic mass is 9.97. The van der Waals surface area contributed by atoms with Crippen molar-refractivity contribution >= 4 is 65.3 Å². The predicted octanol–water partition coefficient (Wildman–Crippen LogP) is 13.4. The third-order valence-corrected chi connectivity index (χ3v) is 11.6. The first-order chi connectivity index (χ1) is 28.8. The summed E-state index contributed by atoms with van der Waals surface area (Å²) in [5, 5.41) is 8.26. The SMILES string of the molecule is c1ccc(-n2c3ccccc3c3cc(-c4ccc5c(ccc6c5c5ccccc5n6-c5nc(-c6ccc(-c7ccccn7)cc6)c6ccccc6n5)c4)ccc32)cc1. The van der Waals surface area contributed by atoms with Crippen LogP contribution >= 0.6 is 0 Å². The van der Waals surface area contributed by atoms with E-state index in [0.717, 1.165) is 50.1 Å². The number of para-hydroxylation sites is 4. The van der Waals surface area contributed by atoms with E-state index in [4.69, 9.17) is 9.97 Å². The summed E-state index contributed by atoms with van der Waals surface area (Å²) in [7, 11) is 0. The van der Waals surface area contributed by atoms with Gasteiger partial charge in [-0.1, -0.05) is 127 Å². The van der Waals surface area contributed by atoms with Crippen LogP contribution in [0.1, 0.15) is 0 Å². The lowest BCUT2D eigenvalue weighted by molar-refractivity contribution is 1.01. The molecular formula is C53H33N5. The molecule has 0 bridgehead atoms. The Morgan fingerprint density at radius 1 is 0.362 bits per heavy atom. The highest BCUT2D eigenvalue weighted by molar-refractivity contribution is 6.21. The molecule has 0 radical (unpaired) electrons. The summed E-state index contributed by atoms with van der Waals surface area (Å²) in [6.45, 7) is 0. The molecule has 5 heteroatoms. The van der Waals surface area contributed by atoms with Crippen LogP contribution in [0.15, 0.2) is 200 Å². The van der Waals surface area contributed by atoms with Crippen molar-refractivity contribution in [3.63, 3.8) is 0 Å². The summed E-state index contributed by atoms with van der Waals surface area (Å²) in [5.74, 6) is 0.646. The van der Waals surface area contributed by atoms with E-state index in [0.29, 0.717) is 5.95 Å². The average Bonchev–Trinajstić information content (AvgIpc) is 3.82. The fourth-order valence-corrected chi connectivity index (χ4v) is 8.92. The topological polar surface area (TPSA) is 48.5 Å². The second kappa shape index (κ2) is 12.8. The van der Waals surface area contributed by atoms with Gasteiger partial charge in [-0.25, -0.2) is 9.97 Å². The second-order valence-corrected chi connectivity index (χ2v) is 14.8. The summed E-state index contributed by atoms with van der Waals surface area (Å²) >= 11 is 0. The van der Waals surface area contributed by atoms with Crippen molar-refractivity contribution in [3.05, 3.63) is 200 Å². The van der Waals surface area contributed by atoms with Crippen molar-refractivity contribution in [1.82, 2.24) is 24.1 Å². The van der Waals surface area contributed by atoms with E-state index in [9.17, 15) is 0 Å². The minimum atomic E-state index is 0.646. The first-order valence-corrected chi connectivity index (χ1v) is 19.6. The molecule has 8 aromatic carbocycles. The van der Waals surface area contributed by atoms with Crippen LogP contribution in [-0.2, 0) is 0 Å². The van der Waals surface area contributed by atoms with Crippen LogP contribution in [0, 0.1) is 0 Å². The molecule has 0 fully saturated rings. The van der Waals surface area contributed by atoms with Gasteiger partial charge in [0.15, 0.2) is 0 Å². The molecular weight excluding hydrogens is 707 g/mol. The standard InChI is InChI=1S/C53H33N5/c1-2-12-39(13-3-1)57-47-19-8-5-14-41(47)44-33-37(26-29-49(44)57)36-25-28-40-38(32-36)27-30-50-51(40)43-16-6-9-20-48(43)58(50)53-55-46-18-7-4-15-42(46)52(56-53)35-23-21-34(22-24-35)45-17-10-11-31-54-45/h1-33H. The van der Waals surface area contributed by atoms with E-state index in [-0.39, 0.29) is 0 Å². The van der Waals surface area contributed by atoms with Gasteiger partial charge in [0, 0.05) is 49.9 Å². The number of hydrogen-bond donors (Lipinski definition) is 0. The van der Waals surface area contributed by atoms with Gasteiger partial charge >= 0.3 is 0 Å². The summed E-state index contributed by atoms with van der Waals surface area (Å²) in [6, 6.07) is 69.0. The van der Waals surface area contributed by atoms with Gasteiger partial charge < -0.3 is 4.57 Å². The van der Waals surface area contributed by atoms with Crippen LogP contribution in [0.4, 0.5) is 0 Å². The molecule has 0 aliphatic carbocycles. The van der Waals surface area contributed by atoms with Crippen LogP contribution in [-0.4, -0.2) is 24.1 Å². The summed E-state index contributed by atoms with van der Waals surface area (Å²) < 4.78 is 4.59. The monoisotopic (exact) mass is 739 g/mol. The zero-order chi connectivity index (χ0) is 38.2. The Morgan fingerprint density at radius 3 is 1.83 bits per heavy atom. The van der Waals surface area contributed by atoms with E-state index in [2.05, 4.69) is 184 Å². The molecule has 0 spiro atoms. The normalized spacial score (nSPS) is 11.8. The number of rotatable bonds is 5. The van der Waals surface area contributed by atoms with Crippen molar-refractivity contribution in [2.45, 2.75) is 0 Å². The molecule has 0 amide bonds. The van der Waals surface area contributed by atoms with Crippen molar-refractivity contribution in [1.29, 1.82) is 0 Å². The smallest absolute Gasteiger partial charge is 0.235 e. The van der Waals surface area contributed by atoms with Gasteiger partial charge in [-0.05, 0) is 88.6 Å². The molecule has 58 heavy (non-hydrogen) atoms. The van der Waals surface area contributed by atoms with Crippen molar-refractivity contribution in [2.24, 2.45) is 0 Å². The largest absolute Gasteiger partial charge is 0.309 e. The lowest BCUT2D eigenvalue weighted by Crippen LogP contribution is -2.03. The van der Waals surface area contributed by atoms with Crippen LogP contribution in [0.2, 0.25) is 0 Å². The summed E-state index contributed by atoms with van der Waals surface area (Å²) in [6.07, 6.45) is 1.83. The van der Waals surface area contributed by atoms with E-state index < -0.39 is 0 Å². The number of pyridine rings is 1. The fraction of sp³-hybridized carbons (Fsp3) is 0. The van der Waals surface area contributed by atoms with Crippen LogP contribution < -0.4 is 0 Å². The third-order valence-electron chi connectivity index (χ3n) is 11.6. The Balaban J connectivity index is 1.01. The molecule has 5 nitrogen and oxygen atoms in total. The molecule has 0 unspecified atom stereocenters. The summed E-state index contributed by atoms with van der Waals surface area (Å²) in [4.78, 5) is 15.1. The molecule has 0 saturated heterocycles. The Kier molecular flexibility index (Phi) is 7.16. The highest BCUT2D eigenvalue weighted by atomic mass is 15.2. The maximum absolute atomic E-state index is 5.35. The Hall–Kier alpha value is -7.89. The first kappa shape index (κ1) is 32.4. The molecule has 4 heterocycles. The zero-order valence-electron chi connectivity index (χ0n) is 31.3. The van der Waals surface area contributed by atoms with Crippen LogP contribution in [0.3, 0.4) is 0 Å². The lowest BCUT2D eigenvalue weighted by Gasteiger charge is -2.12. The predicted molar refractivity (Wildman–Crippen MR) is 240 cm³/mol. The Bertz CT molecular complexity index is 3550. The van der Waals surface area contributed by atoms with Gasteiger partial charge in [-0.2, -0.15) is 0 Å². The molecule has 0 saturated carbocycles. The fourth-order valence-electron chi connectivity index (χ4n) is 8.92. The molecule has 12 rings (SSSR count). The molecule has 0 aliphatic rings. The third kappa shape index (κ3) is 5.00. The minimum Gasteiger partial charge on any atom is -0.309 e. The molecule has 0 N–H and O–H groups in total. The molecule has 12 aromatic rings. The molecule has 0 aliphatic heterocycles. The highest BCUT2D eigenvalue weighted by Gasteiger charge is 2.20. The van der Waals surface area contributed by atoms with Gasteiger partial charge in [0.1, 0.15) is 0 Å². The van der Waals surface area contributed by atoms with Gasteiger partial charge in [-0.15, -0.1) is 0 Å². The molecule has 4 aromatic heterocycles. The minimum absolute atomic E-state index is 0.646. The van der Waals surface area contributed by atoms with E-state index in [1.54, 1.807) is 0 Å². The van der Waals surface area contributed by atoms with Crippen LogP contribution in [0.5, 0.6) is 0 Å². The van der Waals surface area contributed by atoms with E-state index >= 15 is 0 Å². The van der Waals surface area contributed by atoms with Crippen molar-refractivity contribution in [2.75, 3.05) is 0 Å². The van der Waals surface area contributed by atoms with E-state index in [1.807, 2.05) is 30.5 Å². The van der Waals surface area contributed by atoms with Crippen molar-refractivity contribution < 1.29 is 0 Å². The van der Waals surface area contributed by atoms with Gasteiger partial charge in [-0.3, -0.25) is 9.55 Å². The number of hydrogen-bond acceptors (Lipinski definition) is 3. The second-order valence-electron chi connectivity index (χ2n) is 14.8. The van der Waals surface area contributed by atoms with Crippen LogP contribution in [0.25, 0.3) is 111 Å². The maximum atomic E-state index is 5.35. The number of nitrogens with zero attached hydrogens (tertiary/aromatic N) is 5. The highest BCUT2D eigenvalue weighted by Crippen LogP contribution is 2.40. The van der Waals surface area contributed by atoms with Gasteiger partial charge in [0.2, 0.25) is 5.95 Å². The molecule has 0 atom stereocenters. The summed E-state index contributed by atoms with van der Waals surface area (Å²) in [5.41, 5.74) is 12.9.